The maximum atomic E-state index is 11.4. The standard InChI is InChI=1S/C10H13N7O/c11-10(18)17-2-1-12-5-8(17)9-13-3-7-6(15-9)4-14-16-7/h3-4,8,12H,1-2,5H2,(H2,11,18)(H,14,16). The number of carbonyl (C=O) groups excluding carboxylic acids is 1. The maximum absolute atomic E-state index is 11.4. The third-order valence-corrected chi connectivity index (χ3v) is 3.03. The predicted molar refractivity (Wildman–Crippen MR) is 63.6 cm³/mol. The van der Waals surface area contributed by atoms with Crippen LogP contribution in [0.4, 0.5) is 4.79 Å². The van der Waals surface area contributed by atoms with Crippen molar-refractivity contribution in [3.8, 4) is 0 Å². The molecule has 18 heavy (non-hydrogen) atoms. The number of urea groups is 1. The quantitative estimate of drug-likeness (QED) is 0.621. The van der Waals surface area contributed by atoms with Crippen LogP contribution in [0.3, 0.4) is 0 Å². The molecule has 0 saturated carbocycles. The fraction of sp³-hybridized carbons (Fsp3) is 0.400. The van der Waals surface area contributed by atoms with E-state index in [-0.39, 0.29) is 6.04 Å². The lowest BCUT2D eigenvalue weighted by molar-refractivity contribution is 0.163. The van der Waals surface area contributed by atoms with Gasteiger partial charge in [0.2, 0.25) is 0 Å². The molecule has 3 heterocycles. The summed E-state index contributed by atoms with van der Waals surface area (Å²) in [6.45, 7) is 1.90. The first-order valence-corrected chi connectivity index (χ1v) is 5.68. The zero-order valence-electron chi connectivity index (χ0n) is 9.63. The fourth-order valence-electron chi connectivity index (χ4n) is 2.12. The van der Waals surface area contributed by atoms with Crippen molar-refractivity contribution in [1.29, 1.82) is 0 Å². The summed E-state index contributed by atoms with van der Waals surface area (Å²) in [6.07, 6.45) is 3.30. The van der Waals surface area contributed by atoms with E-state index < -0.39 is 6.03 Å². The first-order chi connectivity index (χ1) is 8.75. The van der Waals surface area contributed by atoms with Crippen molar-refractivity contribution in [2.45, 2.75) is 6.04 Å². The van der Waals surface area contributed by atoms with Gasteiger partial charge in [-0.25, -0.2) is 14.8 Å². The van der Waals surface area contributed by atoms with Crippen LogP contribution in [-0.2, 0) is 0 Å². The molecule has 1 aliphatic rings. The van der Waals surface area contributed by atoms with Crippen molar-refractivity contribution in [2.24, 2.45) is 5.73 Å². The Morgan fingerprint density at radius 2 is 2.39 bits per heavy atom. The Labute approximate surface area is 103 Å². The van der Waals surface area contributed by atoms with Crippen LogP contribution in [0.5, 0.6) is 0 Å². The number of fused-ring (bicyclic) bond motifs is 1. The summed E-state index contributed by atoms with van der Waals surface area (Å²) in [5.74, 6) is 0.579. The van der Waals surface area contributed by atoms with Crippen LogP contribution < -0.4 is 11.1 Å². The topological polar surface area (TPSA) is 113 Å². The lowest BCUT2D eigenvalue weighted by atomic mass is 10.2. The molecule has 3 rings (SSSR count). The molecular formula is C10H13N7O. The maximum Gasteiger partial charge on any atom is 0.315 e. The second-order valence-electron chi connectivity index (χ2n) is 4.15. The summed E-state index contributed by atoms with van der Waals surface area (Å²) in [6, 6.07) is -0.673. The number of hydrogen-bond acceptors (Lipinski definition) is 5. The third kappa shape index (κ3) is 1.76. The molecule has 0 radical (unpaired) electrons. The van der Waals surface area contributed by atoms with Gasteiger partial charge >= 0.3 is 6.03 Å². The largest absolute Gasteiger partial charge is 0.351 e. The summed E-state index contributed by atoms with van der Waals surface area (Å²) >= 11 is 0. The number of aromatic nitrogens is 4. The number of rotatable bonds is 1. The number of hydrogen-bond donors (Lipinski definition) is 3. The molecule has 2 amide bonds. The van der Waals surface area contributed by atoms with Crippen LogP contribution >= 0.6 is 0 Å². The number of nitrogens with two attached hydrogens (primary N) is 1. The number of H-pyrrole nitrogens is 1. The summed E-state index contributed by atoms with van der Waals surface area (Å²) in [4.78, 5) is 21.6. The molecule has 0 aromatic carbocycles. The van der Waals surface area contributed by atoms with E-state index in [0.717, 1.165) is 17.6 Å². The smallest absolute Gasteiger partial charge is 0.315 e. The normalized spacial score (nSPS) is 20.2. The van der Waals surface area contributed by atoms with E-state index in [2.05, 4.69) is 25.5 Å². The number of carbonyl (C=O) groups is 1. The van der Waals surface area contributed by atoms with Crippen LogP contribution in [-0.4, -0.2) is 50.7 Å². The molecule has 1 unspecified atom stereocenters. The molecule has 94 valence electrons. The van der Waals surface area contributed by atoms with Crippen LogP contribution in [0, 0.1) is 0 Å². The second-order valence-corrected chi connectivity index (χ2v) is 4.15. The van der Waals surface area contributed by atoms with Gasteiger partial charge in [-0.05, 0) is 0 Å². The monoisotopic (exact) mass is 247 g/mol. The Morgan fingerprint density at radius 3 is 3.22 bits per heavy atom. The molecule has 2 aromatic heterocycles. The average Bonchev–Trinajstić information content (AvgIpc) is 2.85. The van der Waals surface area contributed by atoms with E-state index in [1.165, 1.54) is 0 Å². The first-order valence-electron chi connectivity index (χ1n) is 5.68. The van der Waals surface area contributed by atoms with Gasteiger partial charge < -0.3 is 16.0 Å². The van der Waals surface area contributed by atoms with Gasteiger partial charge in [0.15, 0.2) is 5.82 Å². The van der Waals surface area contributed by atoms with E-state index >= 15 is 0 Å². The van der Waals surface area contributed by atoms with Gasteiger partial charge in [0, 0.05) is 19.6 Å². The number of nitrogens with zero attached hydrogens (tertiary/aromatic N) is 4. The minimum Gasteiger partial charge on any atom is -0.351 e. The molecule has 8 heteroatoms. The summed E-state index contributed by atoms with van der Waals surface area (Å²) < 4.78 is 0. The zero-order valence-corrected chi connectivity index (χ0v) is 9.63. The fourth-order valence-corrected chi connectivity index (χ4v) is 2.12. The summed E-state index contributed by atoms with van der Waals surface area (Å²) in [7, 11) is 0. The molecule has 2 aromatic rings. The van der Waals surface area contributed by atoms with Gasteiger partial charge in [-0.2, -0.15) is 5.10 Å². The molecule has 0 spiro atoms. The Hall–Kier alpha value is -2.22. The Kier molecular flexibility index (Phi) is 2.56. The van der Waals surface area contributed by atoms with Crippen molar-refractivity contribution < 1.29 is 4.79 Å². The molecular weight excluding hydrogens is 234 g/mol. The highest BCUT2D eigenvalue weighted by molar-refractivity contribution is 5.73. The Balaban J connectivity index is 1.97. The van der Waals surface area contributed by atoms with Crippen molar-refractivity contribution >= 4 is 17.1 Å². The van der Waals surface area contributed by atoms with Crippen LogP contribution in [0.2, 0.25) is 0 Å². The molecule has 0 aliphatic carbocycles. The van der Waals surface area contributed by atoms with E-state index in [0.29, 0.717) is 18.9 Å². The van der Waals surface area contributed by atoms with E-state index in [1.54, 1.807) is 17.3 Å². The van der Waals surface area contributed by atoms with E-state index in [1.807, 2.05) is 0 Å². The first kappa shape index (κ1) is 10.9. The van der Waals surface area contributed by atoms with Crippen LogP contribution in [0.25, 0.3) is 11.0 Å². The van der Waals surface area contributed by atoms with Crippen molar-refractivity contribution in [2.75, 3.05) is 19.6 Å². The highest BCUT2D eigenvalue weighted by Gasteiger charge is 2.28. The lowest BCUT2D eigenvalue weighted by Gasteiger charge is -2.33. The lowest BCUT2D eigenvalue weighted by Crippen LogP contribution is -2.51. The average molecular weight is 247 g/mol. The predicted octanol–water partition coefficient (Wildman–Crippen LogP) is -0.622. The van der Waals surface area contributed by atoms with Crippen LogP contribution in [0.1, 0.15) is 11.9 Å². The Bertz CT molecular complexity index is 580. The SMILES string of the molecule is NC(=O)N1CCNCC1c1ncc2[nH]ncc2n1. The second kappa shape index (κ2) is 4.22. The number of amides is 2. The van der Waals surface area contributed by atoms with Crippen molar-refractivity contribution in [3.05, 3.63) is 18.2 Å². The zero-order chi connectivity index (χ0) is 12.5. The summed E-state index contributed by atoms with van der Waals surface area (Å²) in [5.41, 5.74) is 6.88. The van der Waals surface area contributed by atoms with Crippen LogP contribution in [0.15, 0.2) is 12.4 Å². The third-order valence-electron chi connectivity index (χ3n) is 3.03. The van der Waals surface area contributed by atoms with E-state index in [9.17, 15) is 4.79 Å². The van der Waals surface area contributed by atoms with Gasteiger partial charge in [-0.15, -0.1) is 0 Å². The highest BCUT2D eigenvalue weighted by Crippen LogP contribution is 2.19. The number of piperazine rings is 1. The minimum absolute atomic E-state index is 0.226. The molecule has 1 saturated heterocycles. The molecule has 8 nitrogen and oxygen atoms in total. The molecule has 1 aliphatic heterocycles. The van der Waals surface area contributed by atoms with E-state index in [4.69, 9.17) is 5.73 Å². The molecule has 0 bridgehead atoms. The molecule has 4 N–H and O–H groups in total. The van der Waals surface area contributed by atoms with Crippen molar-refractivity contribution in [1.82, 2.24) is 30.4 Å². The van der Waals surface area contributed by atoms with Gasteiger partial charge in [0.1, 0.15) is 17.1 Å². The molecule has 1 atom stereocenters. The summed E-state index contributed by atoms with van der Waals surface area (Å²) in [5, 5.41) is 9.89. The van der Waals surface area contributed by atoms with Crippen molar-refractivity contribution in [3.63, 3.8) is 0 Å². The number of primary amides is 1. The van der Waals surface area contributed by atoms with Gasteiger partial charge in [0.05, 0.1) is 12.4 Å². The van der Waals surface area contributed by atoms with Gasteiger partial charge in [-0.3, -0.25) is 5.10 Å². The Morgan fingerprint density at radius 1 is 1.50 bits per heavy atom. The number of nitrogens with one attached hydrogen (secondary N) is 2. The van der Waals surface area contributed by atoms with Gasteiger partial charge in [0.25, 0.3) is 0 Å². The molecule has 1 fully saturated rings. The van der Waals surface area contributed by atoms with Gasteiger partial charge in [-0.1, -0.05) is 0 Å². The highest BCUT2D eigenvalue weighted by atomic mass is 16.2. The number of aromatic amines is 1. The minimum atomic E-state index is -0.447.